The molecule has 1 aromatic heterocycles. The SMILES string of the molecule is C[C@]12C=CC(=O)C=C1CC[C@@H]1[C@@H]2[C@@H](O)C[C@@]2(C)[C@H]1C[C@H]1CN(c3ccc(CC45CC(NC(=O)[C@H](CCC(=O)O)NC(=O)CNC(=O)Cc6ccc(-c7nncnn7)cc6)(C4)C5)cc3)C[C@]12C(=O)CO. The summed E-state index contributed by atoms with van der Waals surface area (Å²) < 4.78 is 0. The first-order valence-electron chi connectivity index (χ1n) is 24.3. The number of hydrogen-bond donors (Lipinski definition) is 6. The monoisotopic (exact) mass is 940 g/mol. The molecule has 7 aliphatic carbocycles. The van der Waals surface area contributed by atoms with Crippen LogP contribution in [0.4, 0.5) is 5.69 Å². The Balaban J connectivity index is 0.723. The molecule has 1 saturated heterocycles. The van der Waals surface area contributed by atoms with Crippen LogP contribution in [-0.2, 0) is 41.6 Å². The average molecular weight is 941 g/mol. The molecule has 0 radical (unpaired) electrons. The molecule has 17 heteroatoms. The Hall–Kier alpha value is -6.20. The summed E-state index contributed by atoms with van der Waals surface area (Å²) in [4.78, 5) is 79.5. The summed E-state index contributed by atoms with van der Waals surface area (Å²) in [7, 11) is 0. The molecule has 2 aromatic carbocycles. The zero-order valence-corrected chi connectivity index (χ0v) is 39.0. The molecule has 6 saturated carbocycles. The normalized spacial score (nSPS) is 33.8. The summed E-state index contributed by atoms with van der Waals surface area (Å²) in [5, 5.41) is 55.5. The number of aromatic nitrogens is 4. The van der Waals surface area contributed by atoms with Crippen LogP contribution in [0.3, 0.4) is 0 Å². The number of rotatable bonds is 16. The number of carboxylic acids is 1. The summed E-state index contributed by atoms with van der Waals surface area (Å²) in [5.74, 6) is -1.94. The Kier molecular flexibility index (Phi) is 11.7. The molecule has 0 unspecified atom stereocenters. The number of nitrogens with zero attached hydrogens (tertiary/aromatic N) is 5. The van der Waals surface area contributed by atoms with Gasteiger partial charge in [0.25, 0.3) is 0 Å². The maximum Gasteiger partial charge on any atom is 0.303 e. The summed E-state index contributed by atoms with van der Waals surface area (Å²) in [6, 6.07) is 14.3. The largest absolute Gasteiger partial charge is 0.481 e. The predicted molar refractivity (Wildman–Crippen MR) is 249 cm³/mol. The summed E-state index contributed by atoms with van der Waals surface area (Å²) in [6.07, 6.45) is 11.7. The third kappa shape index (κ3) is 8.04. The summed E-state index contributed by atoms with van der Waals surface area (Å²) in [5.41, 5.74) is 2.55. The zero-order chi connectivity index (χ0) is 48.5. The number of aliphatic hydroxyl groups is 2. The third-order valence-corrected chi connectivity index (χ3v) is 17.8. The number of allylic oxidation sites excluding steroid dienone is 4. The van der Waals surface area contributed by atoms with E-state index in [0.717, 1.165) is 61.8 Å². The van der Waals surface area contributed by atoms with Gasteiger partial charge in [-0.2, -0.15) is 0 Å². The molecule has 2 bridgehead atoms. The van der Waals surface area contributed by atoms with Gasteiger partial charge in [0.05, 0.1) is 24.5 Å². The van der Waals surface area contributed by atoms with Crippen LogP contribution >= 0.6 is 0 Å². The van der Waals surface area contributed by atoms with E-state index in [0.29, 0.717) is 36.5 Å². The number of benzene rings is 2. The van der Waals surface area contributed by atoms with E-state index in [-0.39, 0.29) is 66.5 Å². The maximum atomic E-state index is 14.2. The van der Waals surface area contributed by atoms with E-state index in [1.165, 1.54) is 6.33 Å². The van der Waals surface area contributed by atoms with E-state index in [4.69, 9.17) is 0 Å². The molecule has 0 spiro atoms. The van der Waals surface area contributed by atoms with Crippen LogP contribution in [0.5, 0.6) is 0 Å². The molecule has 9 atom stereocenters. The molecular weight excluding hydrogens is 881 g/mol. The molecular formula is C52H60N8O9. The van der Waals surface area contributed by atoms with Crippen LogP contribution in [0.15, 0.2) is 78.7 Å². The second-order valence-electron chi connectivity index (χ2n) is 21.8. The average Bonchev–Trinajstić information content (AvgIpc) is 3.81. The minimum absolute atomic E-state index is 0.00153. The lowest BCUT2D eigenvalue weighted by molar-refractivity contribution is -0.166. The van der Waals surface area contributed by atoms with Crippen molar-refractivity contribution in [3.8, 4) is 11.4 Å². The quantitative estimate of drug-likeness (QED) is 0.121. The highest BCUT2D eigenvalue weighted by molar-refractivity contribution is 6.01. The van der Waals surface area contributed by atoms with Crippen molar-refractivity contribution in [2.24, 2.45) is 45.3 Å². The number of fused-ring (bicyclic) bond motifs is 7. The van der Waals surface area contributed by atoms with Gasteiger partial charge < -0.3 is 36.2 Å². The van der Waals surface area contributed by atoms with Gasteiger partial charge in [0.15, 0.2) is 17.9 Å². The lowest BCUT2D eigenvalue weighted by atomic mass is 9.38. The van der Waals surface area contributed by atoms with Gasteiger partial charge in [-0.1, -0.05) is 61.9 Å². The predicted octanol–water partition coefficient (Wildman–Crippen LogP) is 3.10. The van der Waals surface area contributed by atoms with Crippen molar-refractivity contribution in [3.63, 3.8) is 0 Å². The van der Waals surface area contributed by atoms with Gasteiger partial charge in [0, 0.05) is 47.6 Å². The van der Waals surface area contributed by atoms with Crippen molar-refractivity contribution in [1.82, 2.24) is 36.3 Å². The standard InChI is InChI=1S/C52H60N8O9/c1-48-16-15-36(62)18-33(48)9-12-37-38-19-34-23-60(28-52(34,41(64)24-61)49(38,2)21-40(63)45(37)48)35-10-5-31(6-11-35)20-50-25-51(26-50,27-50)57-47(69)39(13-14-44(67)68)56-43(66)22-53-42(65)17-30-3-7-32(8-4-30)46-58-54-29-55-59-46/h3-8,10-11,15-16,18,29,34,37-40,45,61,63H,9,12-14,17,19-28H2,1-2H3,(H,53,65)(H,56,66)(H,57,69)(H,67,68)/t34-,37-,38-,39-,40-,45+,48-,49-,50?,51?,52+/m0/s1. The molecule has 1 aliphatic heterocycles. The van der Waals surface area contributed by atoms with E-state index >= 15 is 0 Å². The Morgan fingerprint density at radius 2 is 1.65 bits per heavy atom. The molecule has 8 aliphatic rings. The van der Waals surface area contributed by atoms with Crippen molar-refractivity contribution in [1.29, 1.82) is 0 Å². The van der Waals surface area contributed by atoms with E-state index in [2.05, 4.69) is 79.4 Å². The van der Waals surface area contributed by atoms with Crippen molar-refractivity contribution >= 4 is 40.9 Å². The summed E-state index contributed by atoms with van der Waals surface area (Å²) in [6.45, 7) is 4.61. The lowest BCUT2D eigenvalue weighted by Gasteiger charge is -2.71. The first kappa shape index (κ1) is 46.5. The van der Waals surface area contributed by atoms with E-state index in [9.17, 15) is 44.1 Å². The minimum atomic E-state index is -1.10. The number of aliphatic hydroxyl groups excluding tert-OH is 2. The highest BCUT2D eigenvalue weighted by Gasteiger charge is 2.73. The fourth-order valence-corrected chi connectivity index (χ4v) is 15.0. The Morgan fingerprint density at radius 1 is 0.942 bits per heavy atom. The second kappa shape index (κ2) is 17.3. The van der Waals surface area contributed by atoms with Gasteiger partial charge in [-0.05, 0) is 122 Å². The molecule has 6 N–H and O–H groups in total. The number of hydrogen-bond acceptors (Lipinski definition) is 13. The van der Waals surface area contributed by atoms with Crippen molar-refractivity contribution in [3.05, 3.63) is 89.8 Å². The molecule has 2 heterocycles. The number of carboxylic acid groups (broad SMARTS) is 1. The number of amides is 3. The first-order valence-corrected chi connectivity index (χ1v) is 24.3. The van der Waals surface area contributed by atoms with E-state index in [1.54, 1.807) is 36.4 Å². The molecule has 362 valence electrons. The van der Waals surface area contributed by atoms with Gasteiger partial charge in [-0.25, -0.2) is 0 Å². The van der Waals surface area contributed by atoms with Crippen molar-refractivity contribution < 1.29 is 44.1 Å². The second-order valence-corrected chi connectivity index (χ2v) is 21.8. The highest BCUT2D eigenvalue weighted by Crippen LogP contribution is 2.73. The maximum absolute atomic E-state index is 14.2. The Morgan fingerprint density at radius 3 is 2.35 bits per heavy atom. The number of anilines is 1. The molecule has 11 rings (SSSR count). The van der Waals surface area contributed by atoms with Crippen LogP contribution in [-0.4, -0.2) is 115 Å². The molecule has 3 aromatic rings. The van der Waals surface area contributed by atoms with Crippen molar-refractivity contribution in [2.75, 3.05) is 31.1 Å². The molecule has 17 nitrogen and oxygen atoms in total. The molecule has 7 fully saturated rings. The smallest absolute Gasteiger partial charge is 0.303 e. The third-order valence-electron chi connectivity index (χ3n) is 17.8. The van der Waals surface area contributed by atoms with Crippen LogP contribution in [0.2, 0.25) is 0 Å². The number of nitrogens with one attached hydrogen (secondary N) is 3. The topological polar surface area (TPSA) is 254 Å². The highest BCUT2D eigenvalue weighted by atomic mass is 16.4. The number of ketones is 2. The van der Waals surface area contributed by atoms with Crippen LogP contribution in [0.1, 0.15) is 82.8 Å². The Bertz CT molecular complexity index is 2620. The molecule has 3 amide bonds. The van der Waals surface area contributed by atoms with Gasteiger partial charge >= 0.3 is 5.97 Å². The van der Waals surface area contributed by atoms with E-state index < -0.39 is 64.2 Å². The van der Waals surface area contributed by atoms with E-state index in [1.807, 2.05) is 6.08 Å². The number of carbonyl (C=O) groups is 6. The van der Waals surface area contributed by atoms with Crippen molar-refractivity contribution in [2.45, 2.75) is 102 Å². The van der Waals surface area contributed by atoms with Gasteiger partial charge in [-0.3, -0.25) is 28.8 Å². The zero-order valence-electron chi connectivity index (χ0n) is 39.0. The van der Waals surface area contributed by atoms with Crippen LogP contribution in [0, 0.1) is 45.3 Å². The number of aliphatic carboxylic acids is 1. The fourth-order valence-electron chi connectivity index (χ4n) is 15.0. The Labute approximate surface area is 400 Å². The fraction of sp³-hybridized carbons (Fsp3) is 0.538. The van der Waals surface area contributed by atoms with Gasteiger partial charge in [-0.15, -0.1) is 20.4 Å². The lowest BCUT2D eigenvalue weighted by Crippen LogP contribution is -2.76. The number of Topliss-reactive ketones (excluding diaryl/α,β-unsaturated/α-hetero) is 1. The van der Waals surface area contributed by atoms with Gasteiger partial charge in [0.2, 0.25) is 23.5 Å². The minimum Gasteiger partial charge on any atom is -0.481 e. The molecule has 69 heavy (non-hydrogen) atoms. The van der Waals surface area contributed by atoms with Gasteiger partial charge in [0.1, 0.15) is 12.6 Å². The summed E-state index contributed by atoms with van der Waals surface area (Å²) >= 11 is 0. The first-order chi connectivity index (χ1) is 33.0. The number of carbonyl (C=O) groups excluding carboxylic acids is 5. The van der Waals surface area contributed by atoms with Crippen LogP contribution in [0.25, 0.3) is 11.4 Å². The van der Waals surface area contributed by atoms with Crippen LogP contribution < -0.4 is 20.9 Å².